The molecule has 2 atom stereocenters. The van der Waals surface area contributed by atoms with Crippen LogP contribution in [0.15, 0.2) is 73.1 Å². The highest BCUT2D eigenvalue weighted by Gasteiger charge is 2.27. The van der Waals surface area contributed by atoms with Crippen LogP contribution in [0.1, 0.15) is 29.2 Å². The number of benzene rings is 2. The minimum atomic E-state index is -1.50. The largest absolute Gasteiger partial charge is 0.486 e. The van der Waals surface area contributed by atoms with E-state index in [0.29, 0.717) is 10.7 Å². The Kier molecular flexibility index (Phi) is 4.80. The molecule has 3 aromatic rings. The zero-order valence-electron chi connectivity index (χ0n) is 15.9. The first-order valence-electron chi connectivity index (χ1n) is 9.58. The molecule has 1 amide bonds. The van der Waals surface area contributed by atoms with Crippen LogP contribution in [0.3, 0.4) is 0 Å². The number of pyridine rings is 1. The fraction of sp³-hybridized carbons (Fsp3) is 0.130. The predicted octanol–water partition coefficient (Wildman–Crippen LogP) is 4.07. The SMILES string of the molecule is O=C1C=C(c2ccc(O[C@@H]3CCc4c(Oc5cccnc5)cccc43)cc2)S(=O)N1. The maximum absolute atomic E-state index is 11.9. The third kappa shape index (κ3) is 3.59. The van der Waals surface area contributed by atoms with Gasteiger partial charge in [-0.3, -0.25) is 14.5 Å². The van der Waals surface area contributed by atoms with E-state index in [9.17, 15) is 9.00 Å². The van der Waals surface area contributed by atoms with Gasteiger partial charge in [-0.15, -0.1) is 0 Å². The normalized spacial score (nSPS) is 19.7. The quantitative estimate of drug-likeness (QED) is 0.676. The molecule has 1 aliphatic carbocycles. The van der Waals surface area contributed by atoms with Gasteiger partial charge >= 0.3 is 0 Å². The Bertz CT molecular complexity index is 1160. The van der Waals surface area contributed by atoms with Gasteiger partial charge in [0.2, 0.25) is 0 Å². The fourth-order valence-electron chi connectivity index (χ4n) is 3.74. The summed E-state index contributed by atoms with van der Waals surface area (Å²) in [5.41, 5.74) is 3.01. The lowest BCUT2D eigenvalue weighted by Gasteiger charge is -2.16. The van der Waals surface area contributed by atoms with Gasteiger partial charge in [-0.1, -0.05) is 24.3 Å². The second kappa shape index (κ2) is 7.76. The highest BCUT2D eigenvalue weighted by molar-refractivity contribution is 7.93. The lowest BCUT2D eigenvalue weighted by molar-refractivity contribution is -0.114. The lowest BCUT2D eigenvalue weighted by atomic mass is 10.1. The lowest BCUT2D eigenvalue weighted by Crippen LogP contribution is -2.16. The molecule has 1 aliphatic heterocycles. The van der Waals surface area contributed by atoms with E-state index in [2.05, 4.69) is 15.8 Å². The molecule has 0 spiro atoms. The van der Waals surface area contributed by atoms with Gasteiger partial charge in [0.1, 0.15) is 23.4 Å². The number of hydrogen-bond acceptors (Lipinski definition) is 5. The molecular weight excluding hydrogens is 400 g/mol. The molecule has 1 aromatic heterocycles. The molecule has 1 N–H and O–H groups in total. The van der Waals surface area contributed by atoms with Crippen LogP contribution in [0.5, 0.6) is 17.2 Å². The minimum Gasteiger partial charge on any atom is -0.486 e. The van der Waals surface area contributed by atoms with Gasteiger partial charge in [0.15, 0.2) is 11.0 Å². The highest BCUT2D eigenvalue weighted by atomic mass is 32.2. The molecule has 2 heterocycles. The van der Waals surface area contributed by atoms with Gasteiger partial charge in [-0.25, -0.2) is 4.21 Å². The van der Waals surface area contributed by atoms with Crippen molar-refractivity contribution in [3.05, 3.63) is 89.8 Å². The third-order valence-corrected chi connectivity index (χ3v) is 6.25. The highest BCUT2D eigenvalue weighted by Crippen LogP contribution is 2.41. The smallest absolute Gasteiger partial charge is 0.257 e. The second-order valence-corrected chi connectivity index (χ2v) is 8.21. The molecule has 30 heavy (non-hydrogen) atoms. The molecule has 0 fully saturated rings. The van der Waals surface area contributed by atoms with E-state index in [4.69, 9.17) is 9.47 Å². The average molecular weight is 418 g/mol. The monoisotopic (exact) mass is 418 g/mol. The van der Waals surface area contributed by atoms with Crippen LogP contribution in [-0.4, -0.2) is 15.1 Å². The van der Waals surface area contributed by atoms with Gasteiger partial charge in [-0.05, 0) is 54.3 Å². The molecule has 0 saturated carbocycles. The van der Waals surface area contributed by atoms with Crippen LogP contribution >= 0.6 is 0 Å². The number of carbonyl (C=O) groups is 1. The van der Waals surface area contributed by atoms with Crippen LogP contribution in [0.4, 0.5) is 0 Å². The number of carbonyl (C=O) groups excluding carboxylic acids is 1. The molecule has 1 unspecified atom stereocenters. The molecule has 2 aliphatic rings. The summed E-state index contributed by atoms with van der Waals surface area (Å²) in [6, 6.07) is 17.0. The van der Waals surface area contributed by atoms with E-state index >= 15 is 0 Å². The summed E-state index contributed by atoms with van der Waals surface area (Å²) in [4.78, 5) is 16.0. The minimum absolute atomic E-state index is 0.0635. The molecule has 6 nitrogen and oxygen atoms in total. The Balaban J connectivity index is 1.33. The van der Waals surface area contributed by atoms with Gasteiger partial charge in [0.05, 0.1) is 11.1 Å². The number of amides is 1. The summed E-state index contributed by atoms with van der Waals surface area (Å²) in [7, 11) is -1.50. The molecule has 0 saturated heterocycles. The third-order valence-electron chi connectivity index (χ3n) is 5.11. The maximum Gasteiger partial charge on any atom is 0.257 e. The van der Waals surface area contributed by atoms with Crippen molar-refractivity contribution < 1.29 is 18.5 Å². The number of aromatic nitrogens is 1. The summed E-state index contributed by atoms with van der Waals surface area (Å²) in [6.07, 6.45) is 6.44. The zero-order chi connectivity index (χ0) is 20.5. The van der Waals surface area contributed by atoms with Crippen molar-refractivity contribution in [1.29, 1.82) is 0 Å². The summed E-state index contributed by atoms with van der Waals surface area (Å²) >= 11 is 0. The number of rotatable bonds is 5. The van der Waals surface area contributed by atoms with Crippen LogP contribution in [0.2, 0.25) is 0 Å². The zero-order valence-corrected chi connectivity index (χ0v) is 16.7. The summed E-state index contributed by atoms with van der Waals surface area (Å²) in [5, 5.41) is 0. The van der Waals surface area contributed by atoms with Crippen molar-refractivity contribution in [1.82, 2.24) is 9.71 Å². The molecule has 5 rings (SSSR count). The van der Waals surface area contributed by atoms with E-state index < -0.39 is 11.0 Å². The Hall–Kier alpha value is -3.45. The average Bonchev–Trinajstić information content (AvgIpc) is 3.32. The van der Waals surface area contributed by atoms with Crippen molar-refractivity contribution in [2.75, 3.05) is 0 Å². The molecule has 2 aromatic carbocycles. The van der Waals surface area contributed by atoms with Gasteiger partial charge < -0.3 is 9.47 Å². The summed E-state index contributed by atoms with van der Waals surface area (Å²) in [6.45, 7) is 0. The second-order valence-electron chi connectivity index (χ2n) is 7.03. The van der Waals surface area contributed by atoms with E-state index in [0.717, 1.165) is 41.0 Å². The standard InChI is InChI=1S/C23H18N2O4S/c26-23-13-22(30(27)25-23)15-6-8-16(9-7-15)28-21-11-10-19-18(21)4-1-5-20(19)29-17-3-2-12-24-14-17/h1-9,12-14,21H,10-11H2,(H,25,26)/t21-,30?/m1/s1. The maximum atomic E-state index is 11.9. The Labute approximate surface area is 176 Å². The van der Waals surface area contributed by atoms with Crippen LogP contribution < -0.4 is 14.2 Å². The predicted molar refractivity (Wildman–Crippen MR) is 113 cm³/mol. The van der Waals surface area contributed by atoms with Gasteiger partial charge in [-0.2, -0.15) is 0 Å². The molecule has 7 heteroatoms. The number of nitrogens with zero attached hydrogens (tertiary/aromatic N) is 1. The fourth-order valence-corrected chi connectivity index (χ4v) is 4.65. The van der Waals surface area contributed by atoms with Crippen molar-refractivity contribution in [3.63, 3.8) is 0 Å². The van der Waals surface area contributed by atoms with E-state index in [1.807, 2.05) is 48.5 Å². The number of ether oxygens (including phenoxy) is 2. The topological polar surface area (TPSA) is 77.5 Å². The Morgan fingerprint density at radius 1 is 1.03 bits per heavy atom. The Morgan fingerprint density at radius 2 is 1.90 bits per heavy atom. The number of fused-ring (bicyclic) bond motifs is 1. The van der Waals surface area contributed by atoms with Crippen molar-refractivity contribution in [3.8, 4) is 17.2 Å². The van der Waals surface area contributed by atoms with Crippen molar-refractivity contribution >= 4 is 21.8 Å². The Morgan fingerprint density at radius 3 is 2.63 bits per heavy atom. The van der Waals surface area contributed by atoms with Crippen LogP contribution in [-0.2, 0) is 22.2 Å². The van der Waals surface area contributed by atoms with E-state index in [1.54, 1.807) is 12.4 Å². The molecule has 150 valence electrons. The summed E-state index contributed by atoms with van der Waals surface area (Å²) in [5.74, 6) is 1.92. The first-order valence-corrected chi connectivity index (χ1v) is 10.7. The van der Waals surface area contributed by atoms with Crippen molar-refractivity contribution in [2.24, 2.45) is 0 Å². The molecule has 0 bridgehead atoms. The van der Waals surface area contributed by atoms with Crippen LogP contribution in [0, 0.1) is 0 Å². The van der Waals surface area contributed by atoms with E-state index in [-0.39, 0.29) is 12.0 Å². The summed E-state index contributed by atoms with van der Waals surface area (Å²) < 4.78 is 26.5. The van der Waals surface area contributed by atoms with Crippen molar-refractivity contribution in [2.45, 2.75) is 18.9 Å². The van der Waals surface area contributed by atoms with E-state index in [1.165, 1.54) is 6.08 Å². The van der Waals surface area contributed by atoms with Gasteiger partial charge in [0.25, 0.3) is 5.91 Å². The first kappa shape index (κ1) is 18.6. The van der Waals surface area contributed by atoms with Gasteiger partial charge in [0, 0.05) is 17.8 Å². The first-order chi connectivity index (χ1) is 14.7. The van der Waals surface area contributed by atoms with Crippen LogP contribution in [0.25, 0.3) is 4.91 Å². The molecule has 0 radical (unpaired) electrons. The molecular formula is C23H18N2O4S. The number of nitrogens with one attached hydrogen (secondary N) is 1. The number of hydrogen-bond donors (Lipinski definition) is 1.